The maximum Gasteiger partial charge on any atom is 0.307 e. The normalized spacial score (nSPS) is 19.7. The lowest BCUT2D eigenvalue weighted by Gasteiger charge is -2.12. The summed E-state index contributed by atoms with van der Waals surface area (Å²) in [5, 5.41) is 16.2. The van der Waals surface area contributed by atoms with Crippen molar-refractivity contribution in [2.45, 2.75) is 20.3 Å². The van der Waals surface area contributed by atoms with Crippen LogP contribution in [0.3, 0.4) is 0 Å². The molecule has 2 atom stereocenters. The van der Waals surface area contributed by atoms with Gasteiger partial charge in [-0.1, -0.05) is 12.1 Å². The zero-order valence-corrected chi connectivity index (χ0v) is 12.4. The van der Waals surface area contributed by atoms with Crippen molar-refractivity contribution in [2.75, 3.05) is 5.32 Å². The fourth-order valence-corrected chi connectivity index (χ4v) is 2.62. The van der Waals surface area contributed by atoms with Gasteiger partial charge in [0.2, 0.25) is 5.91 Å². The summed E-state index contributed by atoms with van der Waals surface area (Å²) in [7, 11) is 0. The molecule has 1 fully saturated rings. The first kappa shape index (κ1) is 14.3. The van der Waals surface area contributed by atoms with Crippen LogP contribution in [0, 0.1) is 25.7 Å². The second kappa shape index (κ2) is 5.29. The largest absolute Gasteiger partial charge is 0.481 e. The molecule has 1 saturated carbocycles. The first-order valence-electron chi connectivity index (χ1n) is 7.13. The number of benzene rings is 1. The van der Waals surface area contributed by atoms with Gasteiger partial charge in [0.15, 0.2) is 0 Å². The van der Waals surface area contributed by atoms with Gasteiger partial charge in [-0.05, 0) is 38.5 Å². The summed E-state index contributed by atoms with van der Waals surface area (Å²) in [5.74, 6) is -2.15. The second-order valence-corrected chi connectivity index (χ2v) is 5.63. The summed E-state index contributed by atoms with van der Waals surface area (Å²) >= 11 is 0. The molecule has 2 aromatic rings. The lowest BCUT2D eigenvalue weighted by molar-refractivity contribution is -0.139. The standard InChI is InChI=1S/C16H17N3O3/c1-9-7-10(2)19(18-9)14-6-4-3-5-13(14)17-15(20)11-8-12(11)16(21)22/h3-7,11-12H,8H2,1-2H3,(H,17,20)(H,21,22). The van der Waals surface area contributed by atoms with Gasteiger partial charge in [0.1, 0.15) is 0 Å². The topological polar surface area (TPSA) is 84.2 Å². The predicted molar refractivity (Wildman–Crippen MR) is 80.9 cm³/mol. The molecule has 3 rings (SSSR count). The number of aromatic nitrogens is 2. The number of carbonyl (C=O) groups excluding carboxylic acids is 1. The van der Waals surface area contributed by atoms with Crippen molar-refractivity contribution >= 4 is 17.6 Å². The number of nitrogens with one attached hydrogen (secondary N) is 1. The van der Waals surface area contributed by atoms with Crippen molar-refractivity contribution in [3.63, 3.8) is 0 Å². The molecule has 114 valence electrons. The second-order valence-electron chi connectivity index (χ2n) is 5.63. The van der Waals surface area contributed by atoms with Crippen LogP contribution in [-0.2, 0) is 9.59 Å². The third-order valence-electron chi connectivity index (χ3n) is 3.84. The Hall–Kier alpha value is -2.63. The van der Waals surface area contributed by atoms with E-state index in [1.54, 1.807) is 10.7 Å². The van der Waals surface area contributed by atoms with Gasteiger partial charge >= 0.3 is 5.97 Å². The van der Waals surface area contributed by atoms with Crippen molar-refractivity contribution in [3.8, 4) is 5.69 Å². The molecule has 22 heavy (non-hydrogen) atoms. The number of amides is 1. The maximum atomic E-state index is 12.2. The minimum absolute atomic E-state index is 0.249. The highest BCUT2D eigenvalue weighted by molar-refractivity contribution is 5.99. The molecule has 1 aliphatic rings. The minimum atomic E-state index is -0.910. The lowest BCUT2D eigenvalue weighted by Crippen LogP contribution is -2.18. The van der Waals surface area contributed by atoms with E-state index in [2.05, 4.69) is 10.4 Å². The number of anilines is 1. The summed E-state index contributed by atoms with van der Waals surface area (Å²) in [6.45, 7) is 3.85. The molecule has 2 N–H and O–H groups in total. The van der Waals surface area contributed by atoms with E-state index in [0.29, 0.717) is 12.1 Å². The van der Waals surface area contributed by atoms with Crippen LogP contribution in [0.5, 0.6) is 0 Å². The summed E-state index contributed by atoms with van der Waals surface area (Å²) < 4.78 is 1.77. The maximum absolute atomic E-state index is 12.2. The Kier molecular flexibility index (Phi) is 3.44. The Morgan fingerprint density at radius 2 is 2.00 bits per heavy atom. The molecule has 1 amide bonds. The number of hydrogen-bond acceptors (Lipinski definition) is 3. The predicted octanol–water partition coefficient (Wildman–Crippen LogP) is 2.15. The summed E-state index contributed by atoms with van der Waals surface area (Å²) in [5.41, 5.74) is 3.27. The number of aryl methyl sites for hydroxylation is 2. The van der Waals surface area contributed by atoms with Gasteiger partial charge in [-0.25, -0.2) is 4.68 Å². The van der Waals surface area contributed by atoms with Crippen molar-refractivity contribution in [2.24, 2.45) is 11.8 Å². The number of aliphatic carboxylic acids is 1. The first-order chi connectivity index (χ1) is 10.5. The van der Waals surface area contributed by atoms with Crippen LogP contribution in [0.4, 0.5) is 5.69 Å². The molecule has 0 saturated heterocycles. The van der Waals surface area contributed by atoms with Crippen LogP contribution in [0.2, 0.25) is 0 Å². The average molecular weight is 299 g/mol. The zero-order valence-electron chi connectivity index (χ0n) is 12.4. The van der Waals surface area contributed by atoms with Crippen molar-refractivity contribution in [1.82, 2.24) is 9.78 Å². The number of carboxylic acid groups (broad SMARTS) is 1. The summed E-state index contributed by atoms with van der Waals surface area (Å²) in [4.78, 5) is 23.0. The molecule has 0 bridgehead atoms. The van der Waals surface area contributed by atoms with Gasteiger partial charge in [-0.15, -0.1) is 0 Å². The Bertz CT molecular complexity index is 751. The van der Waals surface area contributed by atoms with E-state index in [-0.39, 0.29) is 5.91 Å². The minimum Gasteiger partial charge on any atom is -0.481 e. The van der Waals surface area contributed by atoms with E-state index >= 15 is 0 Å². The number of nitrogens with zero attached hydrogens (tertiary/aromatic N) is 2. The van der Waals surface area contributed by atoms with E-state index in [0.717, 1.165) is 17.1 Å². The number of rotatable bonds is 4. The SMILES string of the molecule is Cc1cc(C)n(-c2ccccc2NC(=O)C2CC2C(=O)O)n1. The van der Waals surface area contributed by atoms with E-state index in [4.69, 9.17) is 5.11 Å². The monoisotopic (exact) mass is 299 g/mol. The van der Waals surface area contributed by atoms with Crippen LogP contribution >= 0.6 is 0 Å². The molecule has 1 aromatic carbocycles. The third-order valence-corrected chi connectivity index (χ3v) is 3.84. The Morgan fingerprint density at radius 1 is 1.27 bits per heavy atom. The molecule has 1 aliphatic carbocycles. The van der Waals surface area contributed by atoms with Gasteiger partial charge in [0.05, 0.1) is 28.9 Å². The number of carbonyl (C=O) groups is 2. The van der Waals surface area contributed by atoms with Gasteiger partial charge in [0.25, 0.3) is 0 Å². The highest BCUT2D eigenvalue weighted by atomic mass is 16.4. The fourth-order valence-electron chi connectivity index (χ4n) is 2.62. The van der Waals surface area contributed by atoms with Crippen molar-refractivity contribution in [3.05, 3.63) is 41.7 Å². The molecule has 0 spiro atoms. The summed E-state index contributed by atoms with van der Waals surface area (Å²) in [6.07, 6.45) is 0.406. The highest BCUT2D eigenvalue weighted by Crippen LogP contribution is 2.39. The van der Waals surface area contributed by atoms with Crippen LogP contribution in [0.1, 0.15) is 17.8 Å². The summed E-state index contributed by atoms with van der Waals surface area (Å²) in [6, 6.07) is 9.32. The Morgan fingerprint density at radius 3 is 2.59 bits per heavy atom. The molecule has 2 unspecified atom stereocenters. The number of hydrogen-bond donors (Lipinski definition) is 2. The first-order valence-corrected chi connectivity index (χ1v) is 7.13. The molecule has 6 heteroatoms. The smallest absolute Gasteiger partial charge is 0.307 e. The molecule has 1 aromatic heterocycles. The molecule has 1 heterocycles. The van der Waals surface area contributed by atoms with Crippen LogP contribution in [-0.4, -0.2) is 26.8 Å². The molecule has 0 aliphatic heterocycles. The van der Waals surface area contributed by atoms with Crippen LogP contribution in [0.15, 0.2) is 30.3 Å². The molecular formula is C16H17N3O3. The van der Waals surface area contributed by atoms with Crippen molar-refractivity contribution in [1.29, 1.82) is 0 Å². The van der Waals surface area contributed by atoms with Crippen molar-refractivity contribution < 1.29 is 14.7 Å². The molecule has 6 nitrogen and oxygen atoms in total. The van der Waals surface area contributed by atoms with Gasteiger partial charge in [-0.3, -0.25) is 9.59 Å². The Balaban J connectivity index is 1.85. The number of para-hydroxylation sites is 2. The lowest BCUT2D eigenvalue weighted by atomic mass is 10.2. The average Bonchev–Trinajstić information content (AvgIpc) is 3.20. The fraction of sp³-hybridized carbons (Fsp3) is 0.312. The van der Waals surface area contributed by atoms with E-state index in [9.17, 15) is 9.59 Å². The third kappa shape index (κ3) is 2.59. The number of carboxylic acids is 1. The zero-order chi connectivity index (χ0) is 15.9. The van der Waals surface area contributed by atoms with Gasteiger partial charge in [-0.2, -0.15) is 5.10 Å². The van der Waals surface area contributed by atoms with E-state index in [1.807, 2.05) is 38.1 Å². The van der Waals surface area contributed by atoms with Gasteiger partial charge < -0.3 is 10.4 Å². The van der Waals surface area contributed by atoms with Crippen LogP contribution < -0.4 is 5.32 Å². The van der Waals surface area contributed by atoms with Gasteiger partial charge in [0, 0.05) is 5.69 Å². The van der Waals surface area contributed by atoms with Crippen LogP contribution in [0.25, 0.3) is 5.69 Å². The molecular weight excluding hydrogens is 282 g/mol. The Labute approximate surface area is 127 Å². The highest BCUT2D eigenvalue weighted by Gasteiger charge is 2.48. The van der Waals surface area contributed by atoms with E-state index in [1.165, 1.54) is 0 Å². The molecule has 0 radical (unpaired) electrons. The van der Waals surface area contributed by atoms with E-state index < -0.39 is 17.8 Å². The quantitative estimate of drug-likeness (QED) is 0.906.